The molecule has 14 heavy (non-hydrogen) atoms. The third-order valence-corrected chi connectivity index (χ3v) is 4.78. The van der Waals surface area contributed by atoms with Gasteiger partial charge in [-0.15, -0.1) is 0 Å². The van der Waals surface area contributed by atoms with Gasteiger partial charge < -0.3 is 5.32 Å². The molecule has 0 aliphatic heterocycles. The SMILES string of the molecule is CCCC1(C)CC1[C@H]1C(C)C1CNC. The lowest BCUT2D eigenvalue weighted by atomic mass is 9.97. The van der Waals surface area contributed by atoms with E-state index in [4.69, 9.17) is 0 Å². The van der Waals surface area contributed by atoms with E-state index < -0.39 is 0 Å². The molecule has 0 heterocycles. The first kappa shape index (κ1) is 10.5. The van der Waals surface area contributed by atoms with Gasteiger partial charge in [0.15, 0.2) is 0 Å². The Hall–Kier alpha value is -0.0400. The predicted molar refractivity (Wildman–Crippen MR) is 61.2 cm³/mol. The molecule has 2 rings (SSSR count). The Balaban J connectivity index is 1.83. The van der Waals surface area contributed by atoms with Crippen LogP contribution in [0.25, 0.3) is 0 Å². The molecule has 0 spiro atoms. The zero-order valence-electron chi connectivity index (χ0n) is 10.1. The van der Waals surface area contributed by atoms with E-state index in [2.05, 4.69) is 33.1 Å². The van der Waals surface area contributed by atoms with Crippen LogP contribution >= 0.6 is 0 Å². The molecule has 2 aliphatic rings. The van der Waals surface area contributed by atoms with Crippen molar-refractivity contribution < 1.29 is 0 Å². The van der Waals surface area contributed by atoms with Crippen LogP contribution in [0.3, 0.4) is 0 Å². The summed E-state index contributed by atoms with van der Waals surface area (Å²) in [6.45, 7) is 8.51. The lowest BCUT2D eigenvalue weighted by Crippen LogP contribution is -2.12. The van der Waals surface area contributed by atoms with E-state index in [-0.39, 0.29) is 0 Å². The highest BCUT2D eigenvalue weighted by atomic mass is 14.8. The number of hydrogen-bond donors (Lipinski definition) is 1. The lowest BCUT2D eigenvalue weighted by molar-refractivity contribution is 0.414. The van der Waals surface area contributed by atoms with E-state index in [1.54, 1.807) is 0 Å². The molecule has 0 aromatic carbocycles. The second-order valence-corrected chi connectivity index (χ2v) is 5.87. The van der Waals surface area contributed by atoms with Crippen LogP contribution in [0.4, 0.5) is 0 Å². The summed E-state index contributed by atoms with van der Waals surface area (Å²) in [4.78, 5) is 0. The van der Waals surface area contributed by atoms with Crippen LogP contribution in [0.2, 0.25) is 0 Å². The van der Waals surface area contributed by atoms with E-state index in [9.17, 15) is 0 Å². The van der Waals surface area contributed by atoms with E-state index >= 15 is 0 Å². The molecule has 0 radical (unpaired) electrons. The van der Waals surface area contributed by atoms with Crippen molar-refractivity contribution in [1.29, 1.82) is 0 Å². The van der Waals surface area contributed by atoms with E-state index in [0.717, 1.165) is 29.1 Å². The third kappa shape index (κ3) is 1.60. The summed E-state index contributed by atoms with van der Waals surface area (Å²) in [5.74, 6) is 4.10. The normalized spacial score (nSPS) is 50.6. The van der Waals surface area contributed by atoms with Gasteiger partial charge in [0.2, 0.25) is 0 Å². The molecule has 4 unspecified atom stereocenters. The summed E-state index contributed by atoms with van der Waals surface area (Å²) in [5, 5.41) is 3.33. The molecule has 82 valence electrons. The van der Waals surface area contributed by atoms with Crippen LogP contribution in [0.1, 0.15) is 40.0 Å². The minimum absolute atomic E-state index is 0.732. The smallest absolute Gasteiger partial charge is 0.00180 e. The van der Waals surface area contributed by atoms with E-state index in [1.807, 2.05) is 0 Å². The molecule has 1 heteroatoms. The molecule has 1 N–H and O–H groups in total. The molecule has 0 aromatic rings. The van der Waals surface area contributed by atoms with Gasteiger partial charge in [0.05, 0.1) is 0 Å². The quantitative estimate of drug-likeness (QED) is 0.711. The van der Waals surface area contributed by atoms with Crippen molar-refractivity contribution in [3.8, 4) is 0 Å². The molecule has 0 saturated heterocycles. The molecular weight excluding hydrogens is 170 g/mol. The molecular formula is C13H25N. The van der Waals surface area contributed by atoms with E-state index in [1.165, 1.54) is 25.8 Å². The standard InChI is InChI=1S/C13H25N/c1-5-6-13(3)7-11(13)12-9(2)10(12)8-14-4/h9-12,14H,5-8H2,1-4H3/t9?,10?,11?,12-,13?/m0/s1. The molecule has 2 fully saturated rings. The molecule has 2 aliphatic carbocycles. The Bertz CT molecular complexity index is 213. The summed E-state index contributed by atoms with van der Waals surface area (Å²) in [5.41, 5.74) is 0.732. The molecule has 1 nitrogen and oxygen atoms in total. The molecule has 2 saturated carbocycles. The van der Waals surface area contributed by atoms with E-state index in [0.29, 0.717) is 0 Å². The van der Waals surface area contributed by atoms with Gasteiger partial charge in [0.1, 0.15) is 0 Å². The lowest BCUT2D eigenvalue weighted by Gasteiger charge is -2.08. The molecule has 0 aromatic heterocycles. The van der Waals surface area contributed by atoms with Gasteiger partial charge in [-0.25, -0.2) is 0 Å². The van der Waals surface area contributed by atoms with Crippen LogP contribution in [-0.2, 0) is 0 Å². The molecule has 5 atom stereocenters. The highest BCUT2D eigenvalue weighted by Crippen LogP contribution is 2.68. The highest BCUT2D eigenvalue weighted by Gasteiger charge is 2.62. The van der Waals surface area contributed by atoms with Crippen molar-refractivity contribution in [2.24, 2.45) is 29.1 Å². The van der Waals surface area contributed by atoms with Gasteiger partial charge in [-0.2, -0.15) is 0 Å². The Kier molecular flexibility index (Phi) is 2.63. The second-order valence-electron chi connectivity index (χ2n) is 5.87. The maximum atomic E-state index is 3.33. The minimum Gasteiger partial charge on any atom is -0.319 e. The first-order chi connectivity index (χ1) is 6.64. The zero-order chi connectivity index (χ0) is 10.3. The van der Waals surface area contributed by atoms with Gasteiger partial charge in [-0.1, -0.05) is 27.2 Å². The fraction of sp³-hybridized carbons (Fsp3) is 1.00. The number of hydrogen-bond acceptors (Lipinski definition) is 1. The predicted octanol–water partition coefficient (Wildman–Crippen LogP) is 2.91. The summed E-state index contributed by atoms with van der Waals surface area (Å²) in [6, 6.07) is 0. The van der Waals surface area contributed by atoms with Gasteiger partial charge in [0.25, 0.3) is 0 Å². The zero-order valence-corrected chi connectivity index (χ0v) is 10.1. The average molecular weight is 195 g/mol. The van der Waals surface area contributed by atoms with Gasteiger partial charge in [0, 0.05) is 0 Å². The Morgan fingerprint density at radius 1 is 1.43 bits per heavy atom. The van der Waals surface area contributed by atoms with Crippen molar-refractivity contribution in [2.75, 3.05) is 13.6 Å². The summed E-state index contributed by atoms with van der Waals surface area (Å²) < 4.78 is 0. The summed E-state index contributed by atoms with van der Waals surface area (Å²) >= 11 is 0. The van der Waals surface area contributed by atoms with Crippen molar-refractivity contribution in [1.82, 2.24) is 5.32 Å². The molecule has 0 amide bonds. The average Bonchev–Trinajstić information content (AvgIpc) is 2.94. The highest BCUT2D eigenvalue weighted by molar-refractivity contribution is 5.11. The number of nitrogens with one attached hydrogen (secondary N) is 1. The minimum atomic E-state index is 0.732. The monoisotopic (exact) mass is 195 g/mol. The fourth-order valence-electron chi connectivity index (χ4n) is 3.70. The van der Waals surface area contributed by atoms with Gasteiger partial charge >= 0.3 is 0 Å². The topological polar surface area (TPSA) is 12.0 Å². The van der Waals surface area contributed by atoms with Crippen molar-refractivity contribution in [3.63, 3.8) is 0 Å². The maximum absolute atomic E-state index is 3.33. The first-order valence-electron chi connectivity index (χ1n) is 6.28. The fourth-order valence-corrected chi connectivity index (χ4v) is 3.70. The van der Waals surface area contributed by atoms with Crippen LogP contribution in [0, 0.1) is 29.1 Å². The Morgan fingerprint density at radius 3 is 2.71 bits per heavy atom. The molecule has 0 bridgehead atoms. The third-order valence-electron chi connectivity index (χ3n) is 4.78. The first-order valence-corrected chi connectivity index (χ1v) is 6.28. The Morgan fingerprint density at radius 2 is 2.14 bits per heavy atom. The summed E-state index contributed by atoms with van der Waals surface area (Å²) in [7, 11) is 2.08. The van der Waals surface area contributed by atoms with Gasteiger partial charge in [-0.05, 0) is 55.5 Å². The summed E-state index contributed by atoms with van der Waals surface area (Å²) in [6.07, 6.45) is 4.33. The van der Waals surface area contributed by atoms with Crippen molar-refractivity contribution in [2.45, 2.75) is 40.0 Å². The van der Waals surface area contributed by atoms with Crippen LogP contribution in [0.5, 0.6) is 0 Å². The van der Waals surface area contributed by atoms with Crippen molar-refractivity contribution >= 4 is 0 Å². The van der Waals surface area contributed by atoms with Crippen LogP contribution in [-0.4, -0.2) is 13.6 Å². The Labute approximate surface area is 88.7 Å². The number of rotatable bonds is 5. The largest absolute Gasteiger partial charge is 0.319 e. The van der Waals surface area contributed by atoms with Crippen LogP contribution < -0.4 is 5.32 Å². The van der Waals surface area contributed by atoms with Crippen molar-refractivity contribution in [3.05, 3.63) is 0 Å². The van der Waals surface area contributed by atoms with Crippen LogP contribution in [0.15, 0.2) is 0 Å². The maximum Gasteiger partial charge on any atom is -0.00180 e. The second kappa shape index (κ2) is 3.52. The van der Waals surface area contributed by atoms with Gasteiger partial charge in [-0.3, -0.25) is 0 Å².